The molecule has 0 heterocycles. The molecule has 0 spiro atoms. The van der Waals surface area contributed by atoms with Crippen molar-refractivity contribution in [2.24, 2.45) is 5.92 Å². The number of amides is 2. The zero-order chi connectivity index (χ0) is 21.0. The van der Waals surface area contributed by atoms with E-state index in [1.165, 1.54) is 25.1 Å². The van der Waals surface area contributed by atoms with Crippen molar-refractivity contribution >= 4 is 28.3 Å². The molecule has 0 unspecified atom stereocenters. The Morgan fingerprint density at radius 3 is 2.21 bits per heavy atom. The van der Waals surface area contributed by atoms with Crippen LogP contribution in [-0.4, -0.2) is 38.8 Å². The van der Waals surface area contributed by atoms with Crippen molar-refractivity contribution in [2.45, 2.75) is 27.2 Å². The van der Waals surface area contributed by atoms with Gasteiger partial charge >= 0.3 is 0 Å². The minimum Gasteiger partial charge on any atom is -0.507 e. The van der Waals surface area contributed by atoms with Gasteiger partial charge in [0.2, 0.25) is 11.8 Å². The van der Waals surface area contributed by atoms with Crippen molar-refractivity contribution < 1.29 is 30.0 Å². The highest BCUT2D eigenvalue weighted by Gasteiger charge is 2.20. The number of phenols is 4. The van der Waals surface area contributed by atoms with Crippen molar-refractivity contribution in [1.29, 1.82) is 0 Å². The highest BCUT2D eigenvalue weighted by Crippen LogP contribution is 2.46. The molecule has 0 aromatic heterocycles. The average molecular weight is 388 g/mol. The Bertz CT molecular complexity index is 950. The van der Waals surface area contributed by atoms with Gasteiger partial charge in [0.1, 0.15) is 23.0 Å². The molecule has 0 aliphatic heterocycles. The van der Waals surface area contributed by atoms with Gasteiger partial charge in [-0.1, -0.05) is 19.9 Å². The normalized spacial score (nSPS) is 11.6. The molecule has 2 aromatic carbocycles. The van der Waals surface area contributed by atoms with Crippen molar-refractivity contribution in [1.82, 2.24) is 10.6 Å². The van der Waals surface area contributed by atoms with E-state index < -0.39 is 11.7 Å². The standard InChI is InChI=1S/C20H24N2O6/c1-10(2)4-5-13(22-17(27)9-21-11(3)23)12-8-16(26)18-14(24)6-7-15(25)19(18)20(12)28/h5-8,10,24-26,28H,4,9H2,1-3H3,(H,21,23)(H,22,27). The average Bonchev–Trinajstić information content (AvgIpc) is 2.61. The minimum atomic E-state index is -0.524. The topological polar surface area (TPSA) is 139 Å². The van der Waals surface area contributed by atoms with Crippen LogP contribution in [-0.2, 0) is 9.59 Å². The number of benzene rings is 2. The van der Waals surface area contributed by atoms with E-state index in [1.54, 1.807) is 6.08 Å². The van der Waals surface area contributed by atoms with Gasteiger partial charge in [-0.05, 0) is 30.5 Å². The summed E-state index contributed by atoms with van der Waals surface area (Å²) in [6.45, 7) is 4.95. The Morgan fingerprint density at radius 1 is 1.04 bits per heavy atom. The monoisotopic (exact) mass is 388 g/mol. The van der Waals surface area contributed by atoms with E-state index in [0.29, 0.717) is 6.42 Å². The molecule has 2 amide bonds. The van der Waals surface area contributed by atoms with E-state index >= 15 is 0 Å². The van der Waals surface area contributed by atoms with Gasteiger partial charge in [-0.25, -0.2) is 0 Å². The summed E-state index contributed by atoms with van der Waals surface area (Å²) in [5, 5.41) is 45.9. The van der Waals surface area contributed by atoms with Crippen LogP contribution in [0.3, 0.4) is 0 Å². The molecule has 8 heteroatoms. The van der Waals surface area contributed by atoms with Crippen LogP contribution in [0, 0.1) is 5.92 Å². The Balaban J connectivity index is 2.56. The predicted octanol–water partition coefficient (Wildman–Crippen LogP) is 2.30. The zero-order valence-electron chi connectivity index (χ0n) is 15.9. The molecule has 0 saturated heterocycles. The third-order valence-electron chi connectivity index (χ3n) is 4.05. The van der Waals surface area contributed by atoms with E-state index in [1.807, 2.05) is 13.8 Å². The quantitative estimate of drug-likeness (QED) is 0.420. The van der Waals surface area contributed by atoms with Crippen LogP contribution < -0.4 is 10.6 Å². The van der Waals surface area contributed by atoms with Crippen molar-refractivity contribution in [3.63, 3.8) is 0 Å². The van der Waals surface area contributed by atoms with Gasteiger partial charge in [-0.15, -0.1) is 0 Å². The number of carbonyl (C=O) groups is 2. The number of hydrogen-bond donors (Lipinski definition) is 6. The molecule has 0 atom stereocenters. The molecule has 0 aliphatic carbocycles. The molecule has 0 saturated carbocycles. The van der Waals surface area contributed by atoms with Gasteiger partial charge in [-0.2, -0.15) is 0 Å². The number of hydrogen-bond acceptors (Lipinski definition) is 6. The second-order valence-corrected chi connectivity index (χ2v) is 6.85. The Labute approximate surface area is 162 Å². The molecule has 2 aromatic rings. The zero-order valence-corrected chi connectivity index (χ0v) is 15.9. The third kappa shape index (κ3) is 4.64. The molecular weight excluding hydrogens is 364 g/mol. The first-order valence-electron chi connectivity index (χ1n) is 8.76. The van der Waals surface area contributed by atoms with Gasteiger partial charge in [0, 0.05) is 18.2 Å². The highest BCUT2D eigenvalue weighted by atomic mass is 16.3. The summed E-state index contributed by atoms with van der Waals surface area (Å²) >= 11 is 0. The molecule has 0 fully saturated rings. The maximum Gasteiger partial charge on any atom is 0.243 e. The molecule has 6 N–H and O–H groups in total. The maximum atomic E-state index is 12.2. The van der Waals surface area contributed by atoms with Crippen LogP contribution in [0.1, 0.15) is 32.8 Å². The molecule has 2 rings (SSSR count). The fraction of sp³-hybridized carbons (Fsp3) is 0.300. The van der Waals surface area contributed by atoms with Crippen molar-refractivity contribution in [3.8, 4) is 23.0 Å². The molecule has 0 radical (unpaired) electrons. The molecule has 28 heavy (non-hydrogen) atoms. The summed E-state index contributed by atoms with van der Waals surface area (Å²) in [6.07, 6.45) is 2.23. The third-order valence-corrected chi connectivity index (χ3v) is 4.05. The van der Waals surface area contributed by atoms with Crippen molar-refractivity contribution in [3.05, 3.63) is 29.8 Å². The first kappa shape index (κ1) is 20.9. The van der Waals surface area contributed by atoms with E-state index in [0.717, 1.165) is 0 Å². The van der Waals surface area contributed by atoms with Gasteiger partial charge in [-0.3, -0.25) is 9.59 Å². The number of carbonyl (C=O) groups excluding carboxylic acids is 2. The van der Waals surface area contributed by atoms with E-state index in [4.69, 9.17) is 0 Å². The van der Waals surface area contributed by atoms with Crippen LogP contribution in [0.2, 0.25) is 0 Å². The number of fused-ring (bicyclic) bond motifs is 1. The lowest BCUT2D eigenvalue weighted by Crippen LogP contribution is -2.35. The molecular formula is C20H24N2O6. The largest absolute Gasteiger partial charge is 0.507 e. The summed E-state index contributed by atoms with van der Waals surface area (Å²) in [6, 6.07) is 3.58. The van der Waals surface area contributed by atoms with Gasteiger partial charge in [0.05, 0.1) is 17.3 Å². The molecule has 8 nitrogen and oxygen atoms in total. The van der Waals surface area contributed by atoms with E-state index in [-0.39, 0.29) is 57.7 Å². The Morgan fingerprint density at radius 2 is 1.64 bits per heavy atom. The van der Waals surface area contributed by atoms with Crippen LogP contribution in [0.5, 0.6) is 23.0 Å². The Kier molecular flexibility index (Phi) is 6.35. The minimum absolute atomic E-state index is 0.0720. The fourth-order valence-electron chi connectivity index (χ4n) is 2.68. The summed E-state index contributed by atoms with van der Waals surface area (Å²) in [5.74, 6) is -2.07. The summed E-state index contributed by atoms with van der Waals surface area (Å²) in [7, 11) is 0. The van der Waals surface area contributed by atoms with Gasteiger partial charge in [0.15, 0.2) is 0 Å². The number of nitrogens with one attached hydrogen (secondary N) is 2. The van der Waals surface area contributed by atoms with E-state index in [9.17, 15) is 30.0 Å². The second kappa shape index (κ2) is 8.51. The van der Waals surface area contributed by atoms with Crippen LogP contribution >= 0.6 is 0 Å². The van der Waals surface area contributed by atoms with Gasteiger partial charge in [0.25, 0.3) is 0 Å². The lowest BCUT2D eigenvalue weighted by atomic mass is 9.99. The summed E-state index contributed by atoms with van der Waals surface area (Å²) in [4.78, 5) is 23.2. The Hall–Kier alpha value is -3.42. The highest BCUT2D eigenvalue weighted by molar-refractivity contribution is 6.05. The predicted molar refractivity (Wildman–Crippen MR) is 105 cm³/mol. The molecule has 150 valence electrons. The number of rotatable bonds is 6. The number of aromatic hydroxyl groups is 4. The first-order chi connectivity index (χ1) is 13.1. The fourth-order valence-corrected chi connectivity index (χ4v) is 2.68. The van der Waals surface area contributed by atoms with Crippen molar-refractivity contribution in [2.75, 3.05) is 6.54 Å². The smallest absolute Gasteiger partial charge is 0.243 e. The van der Waals surface area contributed by atoms with Gasteiger partial charge < -0.3 is 31.1 Å². The number of allylic oxidation sites excluding steroid dienone is 1. The first-order valence-corrected chi connectivity index (χ1v) is 8.76. The lowest BCUT2D eigenvalue weighted by Gasteiger charge is -2.16. The lowest BCUT2D eigenvalue weighted by molar-refractivity contribution is -0.124. The molecule has 0 bridgehead atoms. The summed E-state index contributed by atoms with van der Waals surface area (Å²) in [5.41, 5.74) is 0.282. The van der Waals surface area contributed by atoms with Crippen LogP contribution in [0.4, 0.5) is 0 Å². The van der Waals surface area contributed by atoms with Crippen LogP contribution in [0.15, 0.2) is 24.3 Å². The van der Waals surface area contributed by atoms with E-state index in [2.05, 4.69) is 10.6 Å². The summed E-state index contributed by atoms with van der Waals surface area (Å²) < 4.78 is 0. The number of phenolic OH excluding ortho intramolecular Hbond substituents is 4. The molecule has 0 aliphatic rings. The maximum absolute atomic E-state index is 12.2. The second-order valence-electron chi connectivity index (χ2n) is 6.85. The SMILES string of the molecule is CC(=O)NCC(=O)NC(=CCC(C)C)c1cc(O)c2c(O)ccc(O)c2c1O. The van der Waals surface area contributed by atoms with Crippen LogP contribution in [0.25, 0.3) is 16.5 Å².